The predicted molar refractivity (Wildman–Crippen MR) is 91.5 cm³/mol. The molecule has 22 heavy (non-hydrogen) atoms. The monoisotopic (exact) mass is 339 g/mol. The smallest absolute Gasteiger partial charge is 0.213 e. The third-order valence-electron chi connectivity index (χ3n) is 4.04. The Kier molecular flexibility index (Phi) is 4.77. The minimum absolute atomic E-state index is 0.184. The number of hydrogen-bond donors (Lipinski definition) is 1. The van der Waals surface area contributed by atoms with E-state index in [1.165, 1.54) is 5.56 Å². The SMILES string of the molecule is CCS(=O)(=O)N1CCN(C2NC(c3ccccc3)=CS2)CC1. The standard InChI is InChI=1S/C15H21N3O2S2/c1-2-22(19,20)18-10-8-17(9-11-18)15-16-14(12-21-15)13-6-4-3-5-7-13/h3-7,12,15-16H,2,8-11H2,1H3. The van der Waals surface area contributed by atoms with Gasteiger partial charge >= 0.3 is 0 Å². The van der Waals surface area contributed by atoms with Crippen molar-refractivity contribution in [2.24, 2.45) is 0 Å². The summed E-state index contributed by atoms with van der Waals surface area (Å²) in [4.78, 5) is 2.30. The molecule has 5 nitrogen and oxygen atoms in total. The fourth-order valence-corrected chi connectivity index (χ4v) is 4.81. The molecule has 1 saturated heterocycles. The number of rotatable bonds is 4. The largest absolute Gasteiger partial charge is 0.360 e. The molecule has 0 spiro atoms. The Morgan fingerprint density at radius 3 is 2.50 bits per heavy atom. The Morgan fingerprint density at radius 1 is 1.18 bits per heavy atom. The highest BCUT2D eigenvalue weighted by molar-refractivity contribution is 8.03. The molecule has 1 N–H and O–H groups in total. The average Bonchev–Trinajstić information content (AvgIpc) is 3.06. The lowest BCUT2D eigenvalue weighted by Crippen LogP contribution is -2.53. The lowest BCUT2D eigenvalue weighted by molar-refractivity contribution is 0.170. The van der Waals surface area contributed by atoms with Crippen LogP contribution in [0.15, 0.2) is 35.7 Å². The van der Waals surface area contributed by atoms with Gasteiger partial charge in [0.25, 0.3) is 0 Å². The molecule has 2 aliphatic heterocycles. The minimum atomic E-state index is -3.06. The van der Waals surface area contributed by atoms with E-state index in [0.29, 0.717) is 13.1 Å². The molecule has 0 amide bonds. The number of hydrogen-bond acceptors (Lipinski definition) is 5. The predicted octanol–water partition coefficient (Wildman–Crippen LogP) is 1.57. The Morgan fingerprint density at radius 2 is 1.86 bits per heavy atom. The number of benzene rings is 1. The highest BCUT2D eigenvalue weighted by Crippen LogP contribution is 2.29. The molecule has 7 heteroatoms. The fraction of sp³-hybridized carbons (Fsp3) is 0.467. The number of sulfonamides is 1. The average molecular weight is 339 g/mol. The third kappa shape index (κ3) is 3.32. The molecule has 120 valence electrons. The molecule has 0 aromatic heterocycles. The van der Waals surface area contributed by atoms with Crippen LogP contribution in [-0.4, -0.2) is 55.1 Å². The molecule has 0 saturated carbocycles. The first-order valence-corrected chi connectivity index (χ1v) is 10.0. The van der Waals surface area contributed by atoms with Crippen molar-refractivity contribution in [3.05, 3.63) is 41.3 Å². The van der Waals surface area contributed by atoms with Crippen LogP contribution in [0.25, 0.3) is 5.70 Å². The topological polar surface area (TPSA) is 52.7 Å². The van der Waals surface area contributed by atoms with E-state index in [0.717, 1.165) is 18.8 Å². The van der Waals surface area contributed by atoms with Gasteiger partial charge < -0.3 is 5.32 Å². The quantitative estimate of drug-likeness (QED) is 0.902. The Labute approximate surface area is 136 Å². The maximum atomic E-state index is 11.9. The summed E-state index contributed by atoms with van der Waals surface area (Å²) in [6.07, 6.45) is 0. The van der Waals surface area contributed by atoms with Crippen molar-refractivity contribution in [3.8, 4) is 0 Å². The first-order valence-electron chi connectivity index (χ1n) is 7.49. The summed E-state index contributed by atoms with van der Waals surface area (Å²) in [6, 6.07) is 10.3. The highest BCUT2D eigenvalue weighted by Gasteiger charge is 2.31. The second-order valence-corrected chi connectivity index (χ2v) is 8.58. The van der Waals surface area contributed by atoms with Crippen molar-refractivity contribution in [2.75, 3.05) is 31.9 Å². The van der Waals surface area contributed by atoms with E-state index < -0.39 is 10.0 Å². The molecule has 1 aromatic rings. The molecule has 2 aliphatic rings. The molecule has 1 fully saturated rings. The lowest BCUT2D eigenvalue weighted by atomic mass is 10.2. The Balaban J connectivity index is 1.56. The van der Waals surface area contributed by atoms with Crippen molar-refractivity contribution in [3.63, 3.8) is 0 Å². The molecular weight excluding hydrogens is 318 g/mol. The van der Waals surface area contributed by atoms with Gasteiger partial charge in [-0.15, -0.1) is 0 Å². The van der Waals surface area contributed by atoms with E-state index in [1.54, 1.807) is 23.0 Å². The highest BCUT2D eigenvalue weighted by atomic mass is 32.2. The molecule has 2 heterocycles. The maximum absolute atomic E-state index is 11.9. The molecule has 0 radical (unpaired) electrons. The first kappa shape index (κ1) is 15.9. The van der Waals surface area contributed by atoms with Crippen LogP contribution < -0.4 is 5.32 Å². The van der Waals surface area contributed by atoms with Gasteiger partial charge in [-0.05, 0) is 17.9 Å². The van der Waals surface area contributed by atoms with Gasteiger partial charge in [-0.3, -0.25) is 4.90 Å². The van der Waals surface area contributed by atoms with E-state index >= 15 is 0 Å². The van der Waals surface area contributed by atoms with Crippen molar-refractivity contribution < 1.29 is 8.42 Å². The van der Waals surface area contributed by atoms with Crippen LogP contribution in [0.4, 0.5) is 0 Å². The summed E-state index contributed by atoms with van der Waals surface area (Å²) >= 11 is 1.75. The zero-order valence-electron chi connectivity index (χ0n) is 12.6. The lowest BCUT2D eigenvalue weighted by Gasteiger charge is -2.37. The summed E-state index contributed by atoms with van der Waals surface area (Å²) in [5.41, 5.74) is 2.52. The van der Waals surface area contributed by atoms with Gasteiger partial charge in [-0.2, -0.15) is 4.31 Å². The first-order chi connectivity index (χ1) is 10.6. The molecule has 1 unspecified atom stereocenters. The van der Waals surface area contributed by atoms with Crippen LogP contribution in [-0.2, 0) is 10.0 Å². The maximum Gasteiger partial charge on any atom is 0.213 e. The van der Waals surface area contributed by atoms with Crippen LogP contribution in [0.1, 0.15) is 12.5 Å². The van der Waals surface area contributed by atoms with Gasteiger partial charge in [0.2, 0.25) is 10.0 Å². The molecular formula is C15H21N3O2S2. The van der Waals surface area contributed by atoms with Crippen LogP contribution in [0.5, 0.6) is 0 Å². The Hall–Kier alpha value is -1.02. The Bertz CT molecular complexity index is 638. The van der Waals surface area contributed by atoms with Crippen LogP contribution in [0.3, 0.4) is 0 Å². The number of nitrogens with one attached hydrogen (secondary N) is 1. The molecule has 0 aliphatic carbocycles. The van der Waals surface area contributed by atoms with Crippen LogP contribution in [0, 0.1) is 0 Å². The molecule has 1 atom stereocenters. The summed E-state index contributed by atoms with van der Waals surface area (Å²) in [7, 11) is -3.06. The third-order valence-corrected chi connectivity index (χ3v) is 6.97. The molecule has 0 bridgehead atoms. The van der Waals surface area contributed by atoms with Crippen LogP contribution >= 0.6 is 11.8 Å². The molecule has 3 rings (SSSR count). The van der Waals surface area contributed by atoms with E-state index in [9.17, 15) is 8.42 Å². The van der Waals surface area contributed by atoms with E-state index in [1.807, 2.05) is 18.2 Å². The van der Waals surface area contributed by atoms with Crippen molar-refractivity contribution in [1.29, 1.82) is 0 Å². The van der Waals surface area contributed by atoms with Gasteiger partial charge in [0.15, 0.2) is 0 Å². The molecule has 1 aromatic carbocycles. The van der Waals surface area contributed by atoms with Gasteiger partial charge in [-0.1, -0.05) is 42.1 Å². The van der Waals surface area contributed by atoms with Gasteiger partial charge in [0.05, 0.1) is 5.75 Å². The second-order valence-electron chi connectivity index (χ2n) is 5.37. The minimum Gasteiger partial charge on any atom is -0.360 e. The summed E-state index contributed by atoms with van der Waals surface area (Å²) < 4.78 is 25.4. The van der Waals surface area contributed by atoms with E-state index in [4.69, 9.17) is 0 Å². The van der Waals surface area contributed by atoms with Crippen molar-refractivity contribution in [1.82, 2.24) is 14.5 Å². The summed E-state index contributed by atoms with van der Waals surface area (Å²) in [5, 5.41) is 5.67. The fourth-order valence-electron chi connectivity index (χ4n) is 2.68. The van der Waals surface area contributed by atoms with E-state index in [2.05, 4.69) is 27.8 Å². The van der Waals surface area contributed by atoms with Gasteiger partial charge in [0, 0.05) is 31.9 Å². The van der Waals surface area contributed by atoms with Crippen molar-refractivity contribution >= 4 is 27.5 Å². The number of thioether (sulfide) groups is 1. The summed E-state index contributed by atoms with van der Waals surface area (Å²) in [5.74, 6) is 0.184. The summed E-state index contributed by atoms with van der Waals surface area (Å²) in [6.45, 7) is 4.39. The second kappa shape index (κ2) is 6.62. The van der Waals surface area contributed by atoms with Crippen molar-refractivity contribution in [2.45, 2.75) is 12.4 Å². The van der Waals surface area contributed by atoms with E-state index in [-0.39, 0.29) is 11.3 Å². The zero-order chi connectivity index (χ0) is 15.6. The van der Waals surface area contributed by atoms with Gasteiger partial charge in [0.1, 0.15) is 5.50 Å². The van der Waals surface area contributed by atoms with Gasteiger partial charge in [-0.25, -0.2) is 8.42 Å². The van der Waals surface area contributed by atoms with Crippen LogP contribution in [0.2, 0.25) is 0 Å². The normalized spacial score (nSPS) is 24.0. The number of piperazine rings is 1. The zero-order valence-corrected chi connectivity index (χ0v) is 14.2. The number of nitrogens with zero attached hydrogens (tertiary/aromatic N) is 2.